The van der Waals surface area contributed by atoms with Crippen LogP contribution in [0.25, 0.3) is 10.9 Å². The Kier molecular flexibility index (Phi) is 3.99. The maximum atomic E-state index is 13.6. The first-order valence-corrected chi connectivity index (χ1v) is 6.91. The molecule has 0 radical (unpaired) electrons. The first-order valence-electron chi connectivity index (χ1n) is 6.91. The second-order valence-corrected chi connectivity index (χ2v) is 5.06. The predicted octanol–water partition coefficient (Wildman–Crippen LogP) is 4.98. The number of hydrogen-bond acceptors (Lipinski definition) is 4. The van der Waals surface area contributed by atoms with Crippen LogP contribution in [0.5, 0.6) is 5.88 Å². The molecular formula is C16H9F4N3O2. The van der Waals surface area contributed by atoms with E-state index in [0.29, 0.717) is 0 Å². The largest absolute Gasteiger partial charge is 0.493 e. The lowest BCUT2D eigenvalue weighted by atomic mass is 10.2. The molecule has 1 aromatic heterocycles. The molecule has 1 N–H and O–H groups in total. The SMILES string of the molecule is CC(=O)n1c(O)c(N=Nc2c(F)c(F)cc(F)c2F)c2ccccc21. The number of nitrogens with zero attached hydrogens (tertiary/aromatic N) is 3. The van der Waals surface area contributed by atoms with Gasteiger partial charge in [0.2, 0.25) is 11.8 Å². The Hall–Kier alpha value is -3.23. The zero-order valence-electron chi connectivity index (χ0n) is 12.6. The van der Waals surface area contributed by atoms with Crippen molar-refractivity contribution < 1.29 is 27.5 Å². The van der Waals surface area contributed by atoms with E-state index in [4.69, 9.17) is 0 Å². The Balaban J connectivity index is 2.22. The monoisotopic (exact) mass is 351 g/mol. The van der Waals surface area contributed by atoms with E-state index in [1.54, 1.807) is 12.1 Å². The van der Waals surface area contributed by atoms with Gasteiger partial charge in [0.1, 0.15) is 0 Å². The molecule has 0 aliphatic carbocycles. The Bertz CT molecular complexity index is 1020. The molecule has 3 rings (SSSR count). The number of azo groups is 1. The lowest BCUT2D eigenvalue weighted by molar-refractivity contribution is 0.0933. The van der Waals surface area contributed by atoms with Crippen LogP contribution < -0.4 is 0 Å². The van der Waals surface area contributed by atoms with E-state index >= 15 is 0 Å². The lowest BCUT2D eigenvalue weighted by Crippen LogP contribution is -2.03. The van der Waals surface area contributed by atoms with E-state index in [0.717, 1.165) is 4.57 Å². The molecule has 0 aliphatic rings. The van der Waals surface area contributed by atoms with Crippen molar-refractivity contribution in [3.05, 3.63) is 53.6 Å². The highest BCUT2D eigenvalue weighted by molar-refractivity contribution is 6.01. The van der Waals surface area contributed by atoms with Crippen molar-refractivity contribution in [3.63, 3.8) is 0 Å². The molecule has 0 bridgehead atoms. The summed E-state index contributed by atoms with van der Waals surface area (Å²) in [6.45, 7) is 1.19. The van der Waals surface area contributed by atoms with E-state index in [1.165, 1.54) is 19.1 Å². The summed E-state index contributed by atoms with van der Waals surface area (Å²) in [5.41, 5.74) is -1.27. The molecule has 25 heavy (non-hydrogen) atoms. The van der Waals surface area contributed by atoms with Gasteiger partial charge in [0.05, 0.1) is 5.52 Å². The predicted molar refractivity (Wildman–Crippen MR) is 80.4 cm³/mol. The Morgan fingerprint density at radius 1 is 1.00 bits per heavy atom. The van der Waals surface area contributed by atoms with Gasteiger partial charge >= 0.3 is 0 Å². The van der Waals surface area contributed by atoms with E-state index in [9.17, 15) is 27.5 Å². The van der Waals surface area contributed by atoms with E-state index in [-0.39, 0.29) is 22.7 Å². The minimum atomic E-state index is -1.72. The average Bonchev–Trinajstić information content (AvgIpc) is 2.85. The summed E-state index contributed by atoms with van der Waals surface area (Å²) in [5.74, 6) is -7.87. The molecule has 5 nitrogen and oxygen atoms in total. The zero-order chi connectivity index (χ0) is 18.3. The molecule has 0 fully saturated rings. The van der Waals surface area contributed by atoms with Crippen molar-refractivity contribution >= 4 is 28.2 Å². The summed E-state index contributed by atoms with van der Waals surface area (Å²) in [5, 5.41) is 17.1. The van der Waals surface area contributed by atoms with Gasteiger partial charge in [-0.15, -0.1) is 10.2 Å². The smallest absolute Gasteiger partial charge is 0.230 e. The minimum Gasteiger partial charge on any atom is -0.493 e. The molecule has 128 valence electrons. The number of hydrogen-bond donors (Lipinski definition) is 1. The zero-order valence-corrected chi connectivity index (χ0v) is 12.6. The fourth-order valence-electron chi connectivity index (χ4n) is 2.38. The first kappa shape index (κ1) is 16.6. The topological polar surface area (TPSA) is 67.0 Å². The van der Waals surface area contributed by atoms with E-state index in [1.807, 2.05) is 0 Å². The number of rotatable bonds is 2. The fraction of sp³-hybridized carbons (Fsp3) is 0.0625. The number of halogens is 4. The van der Waals surface area contributed by atoms with Gasteiger partial charge in [0.15, 0.2) is 34.6 Å². The molecule has 0 atom stereocenters. The highest BCUT2D eigenvalue weighted by atomic mass is 19.2. The molecule has 0 unspecified atom stereocenters. The van der Waals surface area contributed by atoms with Gasteiger partial charge in [-0.1, -0.05) is 18.2 Å². The molecule has 2 aromatic carbocycles. The van der Waals surface area contributed by atoms with Crippen LogP contribution in [0.4, 0.5) is 28.9 Å². The quantitative estimate of drug-likeness (QED) is 0.402. The third-order valence-corrected chi connectivity index (χ3v) is 3.48. The minimum absolute atomic E-state index is 0.0444. The summed E-state index contributed by atoms with van der Waals surface area (Å²) < 4.78 is 54.6. The van der Waals surface area contributed by atoms with Crippen LogP contribution in [0.15, 0.2) is 40.6 Å². The summed E-state index contributed by atoms with van der Waals surface area (Å²) >= 11 is 0. The second-order valence-electron chi connectivity index (χ2n) is 5.06. The van der Waals surface area contributed by atoms with Crippen LogP contribution in [0.1, 0.15) is 11.7 Å². The van der Waals surface area contributed by atoms with Crippen molar-refractivity contribution in [1.82, 2.24) is 4.57 Å². The van der Waals surface area contributed by atoms with E-state index in [2.05, 4.69) is 10.2 Å². The third-order valence-electron chi connectivity index (χ3n) is 3.48. The molecule has 3 aromatic rings. The molecule has 0 aliphatic heterocycles. The molecule has 0 saturated heterocycles. The van der Waals surface area contributed by atoms with Crippen LogP contribution in [-0.2, 0) is 0 Å². The number of fused-ring (bicyclic) bond motifs is 1. The molecule has 0 saturated carbocycles. The van der Waals surface area contributed by atoms with Gasteiger partial charge in [-0.3, -0.25) is 4.79 Å². The van der Waals surface area contributed by atoms with Crippen molar-refractivity contribution in [3.8, 4) is 5.88 Å². The lowest BCUT2D eigenvalue weighted by Gasteiger charge is -2.01. The summed E-state index contributed by atoms with van der Waals surface area (Å²) in [7, 11) is 0. The van der Waals surface area contributed by atoms with Crippen LogP contribution in [-0.4, -0.2) is 15.6 Å². The molecule has 0 amide bonds. The third kappa shape index (κ3) is 2.63. The number of benzene rings is 2. The van der Waals surface area contributed by atoms with Gasteiger partial charge in [0, 0.05) is 18.4 Å². The number of carbonyl (C=O) groups is 1. The Morgan fingerprint density at radius 2 is 1.56 bits per heavy atom. The normalized spacial score (nSPS) is 11.6. The summed E-state index contributed by atoms with van der Waals surface area (Å²) in [6.07, 6.45) is 0. The second kappa shape index (κ2) is 6.00. The van der Waals surface area contributed by atoms with Crippen molar-refractivity contribution in [2.45, 2.75) is 6.92 Å². The Morgan fingerprint density at radius 3 is 2.16 bits per heavy atom. The summed E-state index contributed by atoms with van der Waals surface area (Å²) in [6, 6.07) is 6.22. The van der Waals surface area contributed by atoms with Crippen LogP contribution in [0, 0.1) is 23.3 Å². The van der Waals surface area contributed by atoms with Gasteiger partial charge in [-0.2, -0.15) is 0 Å². The first-order chi connectivity index (χ1) is 11.8. The van der Waals surface area contributed by atoms with E-state index < -0.39 is 40.7 Å². The molecule has 9 heteroatoms. The van der Waals surface area contributed by atoms with Crippen molar-refractivity contribution in [1.29, 1.82) is 0 Å². The molecule has 1 heterocycles. The number of para-hydroxylation sites is 1. The number of carbonyl (C=O) groups excluding carboxylic acids is 1. The van der Waals surface area contributed by atoms with Crippen molar-refractivity contribution in [2.75, 3.05) is 0 Å². The fourth-order valence-corrected chi connectivity index (χ4v) is 2.38. The molecule has 0 spiro atoms. The van der Waals surface area contributed by atoms with Crippen LogP contribution in [0.3, 0.4) is 0 Å². The Labute approximate surface area is 137 Å². The maximum absolute atomic E-state index is 13.6. The number of aromatic hydroxyl groups is 1. The summed E-state index contributed by atoms with van der Waals surface area (Å²) in [4.78, 5) is 11.7. The van der Waals surface area contributed by atoms with Gasteiger partial charge in [-0.05, 0) is 6.07 Å². The highest BCUT2D eigenvalue weighted by Gasteiger charge is 2.21. The highest BCUT2D eigenvalue weighted by Crippen LogP contribution is 2.40. The van der Waals surface area contributed by atoms with Crippen LogP contribution in [0.2, 0.25) is 0 Å². The van der Waals surface area contributed by atoms with Crippen LogP contribution >= 0.6 is 0 Å². The molecular weight excluding hydrogens is 342 g/mol. The number of aromatic nitrogens is 1. The maximum Gasteiger partial charge on any atom is 0.230 e. The standard InChI is InChI=1S/C16H9F4N3O2/c1-7(24)23-11-5-3-2-4-8(11)14(16(23)25)21-22-15-12(19)9(17)6-10(18)13(15)20/h2-6,25H,1H3. The van der Waals surface area contributed by atoms with Gasteiger partial charge in [0.25, 0.3) is 0 Å². The van der Waals surface area contributed by atoms with Crippen molar-refractivity contribution in [2.24, 2.45) is 10.2 Å². The average molecular weight is 351 g/mol. The van der Waals surface area contributed by atoms with Gasteiger partial charge < -0.3 is 5.11 Å². The van der Waals surface area contributed by atoms with Gasteiger partial charge in [-0.25, -0.2) is 22.1 Å².